The van der Waals surface area contributed by atoms with Gasteiger partial charge in [0.05, 0.1) is 0 Å². The number of allylic oxidation sites excluding steroid dienone is 3. The summed E-state index contributed by atoms with van der Waals surface area (Å²) in [6.07, 6.45) is 3.99. The smallest absolute Gasteiger partial charge is 0.0158 e. The van der Waals surface area contributed by atoms with Crippen LogP contribution in [-0.4, -0.2) is 0 Å². The minimum absolute atomic E-state index is 1.21. The monoisotopic (exact) mass is 172 g/mol. The van der Waals surface area contributed by atoms with Gasteiger partial charge < -0.3 is 0 Å². The SMILES string of the molecule is C=CC(=CC)c1ccc(C)cc1C. The maximum Gasteiger partial charge on any atom is -0.0158 e. The van der Waals surface area contributed by atoms with Crippen LogP contribution in [0.5, 0.6) is 0 Å². The molecule has 0 unspecified atom stereocenters. The first kappa shape index (κ1) is 9.79. The highest BCUT2D eigenvalue weighted by Gasteiger charge is 2.00. The molecule has 0 fully saturated rings. The van der Waals surface area contributed by atoms with E-state index in [1.165, 1.54) is 22.3 Å². The number of rotatable bonds is 2. The van der Waals surface area contributed by atoms with Crippen LogP contribution < -0.4 is 0 Å². The van der Waals surface area contributed by atoms with Crippen molar-refractivity contribution in [2.24, 2.45) is 0 Å². The summed E-state index contributed by atoms with van der Waals surface area (Å²) in [5.74, 6) is 0. The standard InChI is InChI=1S/C13H16/c1-5-12(6-2)13-8-7-10(3)9-11(13)4/h5-9H,1H2,2-4H3. The van der Waals surface area contributed by atoms with E-state index in [9.17, 15) is 0 Å². The molecule has 0 aliphatic carbocycles. The summed E-state index contributed by atoms with van der Waals surface area (Å²) >= 11 is 0. The highest BCUT2D eigenvalue weighted by molar-refractivity contribution is 5.75. The zero-order valence-electron chi connectivity index (χ0n) is 8.59. The Balaban J connectivity index is 3.22. The lowest BCUT2D eigenvalue weighted by Crippen LogP contribution is -1.86. The Bertz CT molecular complexity index is 343. The fourth-order valence-corrected chi connectivity index (χ4v) is 1.52. The van der Waals surface area contributed by atoms with Crippen LogP contribution in [0.25, 0.3) is 5.57 Å². The van der Waals surface area contributed by atoms with Crippen LogP contribution in [0, 0.1) is 13.8 Å². The number of benzene rings is 1. The molecule has 0 nitrogen and oxygen atoms in total. The van der Waals surface area contributed by atoms with Gasteiger partial charge in [0.25, 0.3) is 0 Å². The second-order valence-electron chi connectivity index (χ2n) is 3.27. The van der Waals surface area contributed by atoms with E-state index < -0.39 is 0 Å². The van der Waals surface area contributed by atoms with Crippen LogP contribution in [-0.2, 0) is 0 Å². The van der Waals surface area contributed by atoms with Gasteiger partial charge in [-0.25, -0.2) is 0 Å². The maximum atomic E-state index is 3.80. The Morgan fingerprint density at radius 2 is 2.00 bits per heavy atom. The lowest BCUT2D eigenvalue weighted by atomic mass is 9.99. The van der Waals surface area contributed by atoms with E-state index in [0.717, 1.165) is 0 Å². The number of hydrogen-bond donors (Lipinski definition) is 0. The molecule has 0 spiro atoms. The second kappa shape index (κ2) is 4.08. The van der Waals surface area contributed by atoms with Crippen molar-refractivity contribution >= 4 is 5.57 Å². The summed E-state index contributed by atoms with van der Waals surface area (Å²) in [6, 6.07) is 6.49. The molecule has 0 aliphatic heterocycles. The van der Waals surface area contributed by atoms with E-state index in [1.807, 2.05) is 13.0 Å². The zero-order valence-corrected chi connectivity index (χ0v) is 8.59. The van der Waals surface area contributed by atoms with Gasteiger partial charge in [-0.1, -0.05) is 42.5 Å². The molecule has 0 saturated heterocycles. The van der Waals surface area contributed by atoms with Crippen LogP contribution in [0.3, 0.4) is 0 Å². The molecule has 0 N–H and O–H groups in total. The molecule has 68 valence electrons. The average Bonchev–Trinajstić information content (AvgIpc) is 2.10. The summed E-state index contributed by atoms with van der Waals surface area (Å²) in [5.41, 5.74) is 5.11. The molecule has 1 rings (SSSR count). The van der Waals surface area contributed by atoms with Gasteiger partial charge in [0, 0.05) is 0 Å². The van der Waals surface area contributed by atoms with E-state index in [4.69, 9.17) is 0 Å². The molecule has 0 radical (unpaired) electrons. The molecule has 13 heavy (non-hydrogen) atoms. The predicted molar refractivity (Wildman–Crippen MR) is 59.8 cm³/mol. The van der Waals surface area contributed by atoms with Gasteiger partial charge in [-0.3, -0.25) is 0 Å². The van der Waals surface area contributed by atoms with E-state index in [1.54, 1.807) is 0 Å². The summed E-state index contributed by atoms with van der Waals surface area (Å²) < 4.78 is 0. The quantitative estimate of drug-likeness (QED) is 0.594. The zero-order chi connectivity index (χ0) is 9.84. The fourth-order valence-electron chi connectivity index (χ4n) is 1.52. The lowest BCUT2D eigenvalue weighted by molar-refractivity contribution is 1.36. The third kappa shape index (κ3) is 2.09. The van der Waals surface area contributed by atoms with Gasteiger partial charge in [0.1, 0.15) is 0 Å². The summed E-state index contributed by atoms with van der Waals surface area (Å²) in [5, 5.41) is 0. The summed E-state index contributed by atoms with van der Waals surface area (Å²) in [4.78, 5) is 0. The third-order valence-electron chi connectivity index (χ3n) is 2.22. The minimum Gasteiger partial charge on any atom is -0.0985 e. The van der Waals surface area contributed by atoms with Crippen molar-refractivity contribution in [3.63, 3.8) is 0 Å². The first-order valence-electron chi connectivity index (χ1n) is 4.55. The molecular formula is C13H16. The van der Waals surface area contributed by atoms with Crippen LogP contribution >= 0.6 is 0 Å². The van der Waals surface area contributed by atoms with Gasteiger partial charge >= 0.3 is 0 Å². The molecule has 1 aromatic rings. The first-order chi connectivity index (χ1) is 6.19. The topological polar surface area (TPSA) is 0 Å². The van der Waals surface area contributed by atoms with Crippen molar-refractivity contribution in [1.29, 1.82) is 0 Å². The molecule has 0 aromatic heterocycles. The fraction of sp³-hybridized carbons (Fsp3) is 0.231. The predicted octanol–water partition coefficient (Wildman–Crippen LogP) is 3.89. The van der Waals surface area contributed by atoms with Crippen molar-refractivity contribution in [2.45, 2.75) is 20.8 Å². The highest BCUT2D eigenvalue weighted by atomic mass is 14.0. The normalized spacial score (nSPS) is 11.5. The molecule has 0 amide bonds. The Morgan fingerprint density at radius 1 is 1.31 bits per heavy atom. The third-order valence-corrected chi connectivity index (χ3v) is 2.22. The highest BCUT2D eigenvalue weighted by Crippen LogP contribution is 2.20. The Kier molecular flexibility index (Phi) is 3.07. The number of aryl methyl sites for hydroxylation is 2. The molecule has 0 aliphatic rings. The molecule has 1 aromatic carbocycles. The maximum absolute atomic E-state index is 3.80. The lowest BCUT2D eigenvalue weighted by Gasteiger charge is -2.06. The van der Waals surface area contributed by atoms with Gasteiger partial charge in [0.15, 0.2) is 0 Å². The Hall–Kier alpha value is -1.30. The summed E-state index contributed by atoms with van der Waals surface area (Å²) in [6.45, 7) is 10.1. The van der Waals surface area contributed by atoms with Crippen LogP contribution in [0.4, 0.5) is 0 Å². The van der Waals surface area contributed by atoms with E-state index in [0.29, 0.717) is 0 Å². The van der Waals surface area contributed by atoms with E-state index >= 15 is 0 Å². The van der Waals surface area contributed by atoms with Crippen molar-refractivity contribution in [3.05, 3.63) is 53.6 Å². The molecule has 0 saturated carbocycles. The average molecular weight is 172 g/mol. The first-order valence-corrected chi connectivity index (χ1v) is 4.55. The van der Waals surface area contributed by atoms with E-state index in [-0.39, 0.29) is 0 Å². The second-order valence-corrected chi connectivity index (χ2v) is 3.27. The van der Waals surface area contributed by atoms with E-state index in [2.05, 4.69) is 44.7 Å². The Morgan fingerprint density at radius 3 is 2.46 bits per heavy atom. The van der Waals surface area contributed by atoms with Crippen LogP contribution in [0.1, 0.15) is 23.6 Å². The molecule has 0 atom stereocenters. The van der Waals surface area contributed by atoms with Crippen molar-refractivity contribution in [2.75, 3.05) is 0 Å². The largest absolute Gasteiger partial charge is 0.0985 e. The molecule has 0 bridgehead atoms. The van der Waals surface area contributed by atoms with Crippen LogP contribution in [0.15, 0.2) is 36.9 Å². The molecule has 0 heteroatoms. The van der Waals surface area contributed by atoms with Gasteiger partial charge in [-0.15, -0.1) is 0 Å². The van der Waals surface area contributed by atoms with Gasteiger partial charge in [-0.05, 0) is 37.5 Å². The minimum atomic E-state index is 1.21. The van der Waals surface area contributed by atoms with Gasteiger partial charge in [-0.2, -0.15) is 0 Å². The number of hydrogen-bond acceptors (Lipinski definition) is 0. The summed E-state index contributed by atoms with van der Waals surface area (Å²) in [7, 11) is 0. The van der Waals surface area contributed by atoms with Gasteiger partial charge in [0.2, 0.25) is 0 Å². The van der Waals surface area contributed by atoms with Crippen molar-refractivity contribution in [1.82, 2.24) is 0 Å². The van der Waals surface area contributed by atoms with Crippen molar-refractivity contribution in [3.8, 4) is 0 Å². The molecular weight excluding hydrogens is 156 g/mol. The van der Waals surface area contributed by atoms with Crippen molar-refractivity contribution < 1.29 is 0 Å². The molecule has 0 heterocycles. The van der Waals surface area contributed by atoms with Crippen LogP contribution in [0.2, 0.25) is 0 Å². The Labute approximate surface area is 80.6 Å².